The van der Waals surface area contributed by atoms with Gasteiger partial charge in [0.2, 0.25) is 5.91 Å². The summed E-state index contributed by atoms with van der Waals surface area (Å²) < 4.78 is 2.09. The zero-order valence-electron chi connectivity index (χ0n) is 15.1. The highest BCUT2D eigenvalue weighted by atomic mass is 32.2. The van der Waals surface area contributed by atoms with E-state index < -0.39 is 0 Å². The first-order valence-corrected chi connectivity index (χ1v) is 10.8. The molecule has 0 atom stereocenters. The summed E-state index contributed by atoms with van der Waals surface area (Å²) in [5.74, 6) is 2.30. The maximum Gasteiger partial charge on any atom is 0.233 e. The van der Waals surface area contributed by atoms with Crippen LogP contribution in [0, 0.1) is 5.92 Å². The number of nitrogens with zero attached hydrogens (tertiary/aromatic N) is 4. The molecule has 1 fully saturated rings. The number of hydrogen-bond donors (Lipinski definition) is 0. The Hall–Kier alpha value is -1.34. The van der Waals surface area contributed by atoms with Gasteiger partial charge in [-0.3, -0.25) is 4.79 Å². The Morgan fingerprint density at radius 3 is 2.76 bits per heavy atom. The zero-order valence-corrected chi connectivity index (χ0v) is 16.8. The number of aromatic nitrogens is 3. The molecule has 0 unspecified atom stereocenters. The lowest BCUT2D eigenvalue weighted by molar-refractivity contribution is -0.129. The van der Waals surface area contributed by atoms with Gasteiger partial charge in [0.25, 0.3) is 0 Å². The molecule has 0 radical (unpaired) electrons. The molecule has 1 amide bonds. The van der Waals surface area contributed by atoms with E-state index in [4.69, 9.17) is 0 Å². The number of hydrogen-bond acceptors (Lipinski definition) is 5. The summed E-state index contributed by atoms with van der Waals surface area (Å²) in [6, 6.07) is 4.47. The molecule has 7 heteroatoms. The predicted molar refractivity (Wildman–Crippen MR) is 104 cm³/mol. The average Bonchev–Trinajstić information content (AvgIpc) is 3.28. The molecule has 1 saturated carbocycles. The van der Waals surface area contributed by atoms with Crippen LogP contribution in [0.3, 0.4) is 0 Å². The van der Waals surface area contributed by atoms with Crippen molar-refractivity contribution in [3.8, 4) is 10.7 Å². The van der Waals surface area contributed by atoms with E-state index in [0.29, 0.717) is 11.8 Å². The van der Waals surface area contributed by atoms with Gasteiger partial charge in [-0.25, -0.2) is 0 Å². The smallest absolute Gasteiger partial charge is 0.233 e. The summed E-state index contributed by atoms with van der Waals surface area (Å²) in [4.78, 5) is 15.6. The normalized spacial score (nSPS) is 20.6. The van der Waals surface area contributed by atoms with Crippen molar-refractivity contribution >= 4 is 29.0 Å². The number of carbonyl (C=O) groups is 1. The third-order valence-corrected chi connectivity index (χ3v) is 6.84. The Kier molecular flexibility index (Phi) is 6.17. The minimum absolute atomic E-state index is 0.188. The van der Waals surface area contributed by atoms with Gasteiger partial charge in [0.1, 0.15) is 0 Å². The Morgan fingerprint density at radius 2 is 2.12 bits per heavy atom. The second-order valence-corrected chi connectivity index (χ2v) is 8.62. The van der Waals surface area contributed by atoms with Crippen molar-refractivity contribution in [2.45, 2.75) is 57.3 Å². The zero-order chi connectivity index (χ0) is 17.8. The molecule has 0 N–H and O–H groups in total. The van der Waals surface area contributed by atoms with E-state index in [1.807, 2.05) is 23.4 Å². The van der Waals surface area contributed by atoms with E-state index in [0.717, 1.165) is 41.2 Å². The lowest BCUT2D eigenvalue weighted by Crippen LogP contribution is -2.40. The van der Waals surface area contributed by atoms with Crippen LogP contribution in [-0.4, -0.2) is 44.4 Å². The van der Waals surface area contributed by atoms with Gasteiger partial charge in [0, 0.05) is 19.6 Å². The van der Waals surface area contributed by atoms with Gasteiger partial charge in [-0.05, 0) is 50.0 Å². The molecular formula is C18H26N4OS2. The van der Waals surface area contributed by atoms with E-state index in [1.54, 1.807) is 11.3 Å². The SMILES string of the molecule is CCn1c(SCC(=O)N(C)C2CCC(C)CC2)nnc1-c1cccs1. The minimum atomic E-state index is 0.188. The van der Waals surface area contributed by atoms with Crippen LogP contribution in [0.25, 0.3) is 10.7 Å². The monoisotopic (exact) mass is 378 g/mol. The van der Waals surface area contributed by atoms with Gasteiger partial charge in [-0.1, -0.05) is 24.8 Å². The number of amides is 1. The lowest BCUT2D eigenvalue weighted by Gasteiger charge is -2.33. The van der Waals surface area contributed by atoms with Crippen molar-refractivity contribution in [1.82, 2.24) is 19.7 Å². The third-order valence-electron chi connectivity index (χ3n) is 5.03. The molecule has 25 heavy (non-hydrogen) atoms. The van der Waals surface area contributed by atoms with Crippen LogP contribution in [0.4, 0.5) is 0 Å². The molecule has 0 aromatic carbocycles. The average molecular weight is 379 g/mol. The first-order chi connectivity index (χ1) is 12.1. The second kappa shape index (κ2) is 8.36. The van der Waals surface area contributed by atoms with Crippen LogP contribution in [0.1, 0.15) is 39.5 Å². The number of rotatable bonds is 6. The molecule has 3 rings (SSSR count). The highest BCUT2D eigenvalue weighted by Crippen LogP contribution is 2.29. The fourth-order valence-electron chi connectivity index (χ4n) is 3.33. The van der Waals surface area contributed by atoms with Crippen molar-refractivity contribution < 1.29 is 4.79 Å². The van der Waals surface area contributed by atoms with Gasteiger partial charge in [-0.15, -0.1) is 21.5 Å². The largest absolute Gasteiger partial charge is 0.342 e. The fraction of sp³-hybridized carbons (Fsp3) is 0.611. The Bertz CT molecular complexity index is 690. The first-order valence-electron chi connectivity index (χ1n) is 8.95. The fourth-order valence-corrected chi connectivity index (χ4v) is 4.97. The quantitative estimate of drug-likeness (QED) is 0.709. The van der Waals surface area contributed by atoms with Gasteiger partial charge >= 0.3 is 0 Å². The Balaban J connectivity index is 1.60. The van der Waals surface area contributed by atoms with E-state index in [2.05, 4.69) is 34.7 Å². The van der Waals surface area contributed by atoms with Gasteiger partial charge < -0.3 is 9.47 Å². The highest BCUT2D eigenvalue weighted by molar-refractivity contribution is 7.99. The minimum Gasteiger partial charge on any atom is -0.342 e. The topological polar surface area (TPSA) is 51.0 Å². The molecule has 5 nitrogen and oxygen atoms in total. The van der Waals surface area contributed by atoms with E-state index >= 15 is 0 Å². The van der Waals surface area contributed by atoms with E-state index in [-0.39, 0.29) is 5.91 Å². The van der Waals surface area contributed by atoms with Crippen LogP contribution < -0.4 is 0 Å². The summed E-state index contributed by atoms with van der Waals surface area (Å²) in [5, 5.41) is 11.5. The number of thiophene rings is 1. The summed E-state index contributed by atoms with van der Waals surface area (Å²) in [7, 11) is 1.95. The van der Waals surface area contributed by atoms with Crippen LogP contribution in [0.2, 0.25) is 0 Å². The molecule has 2 aromatic heterocycles. The van der Waals surface area contributed by atoms with Crippen molar-refractivity contribution in [2.24, 2.45) is 5.92 Å². The lowest BCUT2D eigenvalue weighted by atomic mass is 9.87. The maximum atomic E-state index is 12.6. The maximum absolute atomic E-state index is 12.6. The first kappa shape index (κ1) is 18.5. The van der Waals surface area contributed by atoms with Crippen LogP contribution in [0.5, 0.6) is 0 Å². The molecule has 2 heterocycles. The van der Waals surface area contributed by atoms with E-state index in [1.165, 1.54) is 24.6 Å². The Morgan fingerprint density at radius 1 is 1.36 bits per heavy atom. The van der Waals surface area contributed by atoms with Crippen molar-refractivity contribution in [3.63, 3.8) is 0 Å². The second-order valence-electron chi connectivity index (χ2n) is 6.73. The number of thioether (sulfide) groups is 1. The van der Waals surface area contributed by atoms with Gasteiger partial charge in [-0.2, -0.15) is 0 Å². The summed E-state index contributed by atoms with van der Waals surface area (Å²) in [6.07, 6.45) is 4.71. The molecule has 136 valence electrons. The van der Waals surface area contributed by atoms with Crippen LogP contribution in [-0.2, 0) is 11.3 Å². The molecule has 0 spiro atoms. The van der Waals surface area contributed by atoms with Crippen LogP contribution in [0.15, 0.2) is 22.7 Å². The molecular weight excluding hydrogens is 352 g/mol. The van der Waals surface area contributed by atoms with Crippen molar-refractivity contribution in [2.75, 3.05) is 12.8 Å². The summed E-state index contributed by atoms with van der Waals surface area (Å²) in [6.45, 7) is 5.19. The predicted octanol–water partition coefficient (Wildman–Crippen LogP) is 4.16. The third kappa shape index (κ3) is 4.26. The molecule has 0 aliphatic heterocycles. The summed E-state index contributed by atoms with van der Waals surface area (Å²) in [5.41, 5.74) is 0. The molecule has 2 aromatic rings. The molecule has 1 aliphatic carbocycles. The summed E-state index contributed by atoms with van der Waals surface area (Å²) >= 11 is 3.15. The molecule has 0 bridgehead atoms. The number of carbonyl (C=O) groups excluding carboxylic acids is 1. The molecule has 1 aliphatic rings. The van der Waals surface area contributed by atoms with Crippen molar-refractivity contribution in [3.05, 3.63) is 17.5 Å². The highest BCUT2D eigenvalue weighted by Gasteiger charge is 2.25. The van der Waals surface area contributed by atoms with E-state index in [9.17, 15) is 4.79 Å². The Labute approximate surface area is 157 Å². The van der Waals surface area contributed by atoms with Gasteiger partial charge in [0.05, 0.1) is 10.6 Å². The van der Waals surface area contributed by atoms with Gasteiger partial charge in [0.15, 0.2) is 11.0 Å². The molecule has 0 saturated heterocycles. The van der Waals surface area contributed by atoms with Crippen LogP contribution >= 0.6 is 23.1 Å². The standard InChI is InChI=1S/C18H26N4OS2/c1-4-22-17(15-6-5-11-24-15)19-20-18(22)25-12-16(23)21(3)14-9-7-13(2)8-10-14/h5-6,11,13-14H,4,7-10,12H2,1-3H3. The van der Waals surface area contributed by atoms with Crippen molar-refractivity contribution in [1.29, 1.82) is 0 Å².